The van der Waals surface area contributed by atoms with Crippen molar-refractivity contribution < 1.29 is 13.2 Å². The summed E-state index contributed by atoms with van der Waals surface area (Å²) in [5.74, 6) is 0.344. The number of hydrogen-bond acceptors (Lipinski definition) is 3. The fourth-order valence-corrected chi connectivity index (χ4v) is 5.50. The topological polar surface area (TPSA) is 54.5 Å². The molecule has 4 nitrogen and oxygen atoms in total. The number of aryl methyl sites for hydroxylation is 1. The Morgan fingerprint density at radius 3 is 2.86 bits per heavy atom. The first kappa shape index (κ1) is 15.8. The third kappa shape index (κ3) is 3.01. The largest absolute Gasteiger partial charge is 0.312 e. The molecule has 2 aliphatic rings. The van der Waals surface area contributed by atoms with Gasteiger partial charge in [-0.15, -0.1) is 0 Å². The van der Waals surface area contributed by atoms with E-state index in [2.05, 4.69) is 0 Å². The lowest BCUT2D eigenvalue weighted by Crippen LogP contribution is -2.37. The van der Waals surface area contributed by atoms with E-state index in [1.807, 2.05) is 24.0 Å². The second-order valence-corrected chi connectivity index (χ2v) is 8.94. The first-order chi connectivity index (χ1) is 10.4. The Morgan fingerprint density at radius 1 is 1.41 bits per heavy atom. The van der Waals surface area contributed by atoms with Crippen LogP contribution >= 0.6 is 11.6 Å². The average molecular weight is 342 g/mol. The minimum absolute atomic E-state index is 0.0217. The van der Waals surface area contributed by atoms with Crippen molar-refractivity contribution in [1.29, 1.82) is 0 Å². The van der Waals surface area contributed by atoms with Crippen LogP contribution in [0, 0.1) is 12.8 Å². The molecule has 1 atom stereocenters. The summed E-state index contributed by atoms with van der Waals surface area (Å²) in [6.07, 6.45) is 2.80. The number of hydrogen-bond donors (Lipinski definition) is 0. The van der Waals surface area contributed by atoms with Crippen molar-refractivity contribution in [2.75, 3.05) is 23.0 Å². The van der Waals surface area contributed by atoms with Crippen LogP contribution < -0.4 is 4.90 Å². The lowest BCUT2D eigenvalue weighted by atomic mass is 9.96. The van der Waals surface area contributed by atoms with E-state index in [0.717, 1.165) is 29.7 Å². The summed E-state index contributed by atoms with van der Waals surface area (Å²) in [7, 11) is -2.94. The van der Waals surface area contributed by atoms with Crippen molar-refractivity contribution in [3.63, 3.8) is 0 Å². The Balaban J connectivity index is 1.82. The van der Waals surface area contributed by atoms with Gasteiger partial charge in [0, 0.05) is 18.0 Å². The van der Waals surface area contributed by atoms with Gasteiger partial charge in [-0.05, 0) is 49.3 Å². The molecular weight excluding hydrogens is 322 g/mol. The zero-order chi connectivity index (χ0) is 15.9. The molecule has 1 saturated heterocycles. The molecule has 1 aromatic carbocycles. The molecule has 0 N–H and O–H groups in total. The predicted octanol–water partition coefficient (Wildman–Crippen LogP) is 2.75. The monoisotopic (exact) mass is 341 g/mol. The maximum absolute atomic E-state index is 12.7. The van der Waals surface area contributed by atoms with Gasteiger partial charge in [-0.25, -0.2) is 8.42 Å². The van der Waals surface area contributed by atoms with Gasteiger partial charge in [0.1, 0.15) is 0 Å². The molecule has 120 valence electrons. The SMILES string of the molecule is Cc1c(Cl)ccc2c1N(C(=O)C[C@@H]1CCS(=O)(=O)C1)CCC2. The van der Waals surface area contributed by atoms with E-state index in [9.17, 15) is 13.2 Å². The van der Waals surface area contributed by atoms with E-state index in [4.69, 9.17) is 11.6 Å². The Hall–Kier alpha value is -1.07. The van der Waals surface area contributed by atoms with Crippen LogP contribution in [0.2, 0.25) is 5.02 Å². The van der Waals surface area contributed by atoms with E-state index in [1.165, 1.54) is 0 Å². The van der Waals surface area contributed by atoms with Crippen LogP contribution in [-0.2, 0) is 21.1 Å². The number of sulfone groups is 1. The molecule has 0 saturated carbocycles. The van der Waals surface area contributed by atoms with E-state index in [0.29, 0.717) is 24.4 Å². The van der Waals surface area contributed by atoms with Gasteiger partial charge in [-0.1, -0.05) is 17.7 Å². The highest BCUT2D eigenvalue weighted by Gasteiger charge is 2.32. The highest BCUT2D eigenvalue weighted by molar-refractivity contribution is 7.91. The molecule has 6 heteroatoms. The van der Waals surface area contributed by atoms with Crippen LogP contribution in [0.25, 0.3) is 0 Å². The van der Waals surface area contributed by atoms with Crippen molar-refractivity contribution in [2.24, 2.45) is 5.92 Å². The van der Waals surface area contributed by atoms with Crippen molar-refractivity contribution in [1.82, 2.24) is 0 Å². The molecular formula is C16H20ClNO3S. The van der Waals surface area contributed by atoms with Crippen LogP contribution in [0.3, 0.4) is 0 Å². The molecule has 2 heterocycles. The highest BCUT2D eigenvalue weighted by Crippen LogP contribution is 2.35. The Morgan fingerprint density at radius 2 is 2.18 bits per heavy atom. The van der Waals surface area contributed by atoms with Crippen molar-refractivity contribution in [3.8, 4) is 0 Å². The molecule has 1 aromatic rings. The second-order valence-electron chi connectivity index (χ2n) is 6.30. The number of benzene rings is 1. The first-order valence-electron chi connectivity index (χ1n) is 7.66. The van der Waals surface area contributed by atoms with Gasteiger partial charge in [0.15, 0.2) is 9.84 Å². The Bertz CT molecular complexity index is 714. The minimum Gasteiger partial charge on any atom is -0.312 e. The Kier molecular flexibility index (Phi) is 4.21. The van der Waals surface area contributed by atoms with E-state index >= 15 is 0 Å². The molecule has 1 amide bonds. The van der Waals surface area contributed by atoms with Gasteiger partial charge >= 0.3 is 0 Å². The summed E-state index contributed by atoms with van der Waals surface area (Å²) in [5, 5.41) is 0.668. The summed E-state index contributed by atoms with van der Waals surface area (Å²) < 4.78 is 23.1. The Labute approximate surface area is 136 Å². The number of halogens is 1. The summed E-state index contributed by atoms with van der Waals surface area (Å²) in [6.45, 7) is 2.62. The number of anilines is 1. The van der Waals surface area contributed by atoms with Gasteiger partial charge in [0.25, 0.3) is 0 Å². The summed E-state index contributed by atoms with van der Waals surface area (Å²) in [5.41, 5.74) is 3.02. The maximum Gasteiger partial charge on any atom is 0.227 e. The zero-order valence-electron chi connectivity index (χ0n) is 12.6. The van der Waals surface area contributed by atoms with Crippen LogP contribution in [0.1, 0.15) is 30.4 Å². The van der Waals surface area contributed by atoms with Crippen molar-refractivity contribution in [2.45, 2.75) is 32.6 Å². The summed E-state index contributed by atoms with van der Waals surface area (Å²) in [4.78, 5) is 14.5. The van der Waals surface area contributed by atoms with Gasteiger partial charge < -0.3 is 4.90 Å². The predicted molar refractivity (Wildman–Crippen MR) is 88.2 cm³/mol. The van der Waals surface area contributed by atoms with Crippen LogP contribution in [-0.4, -0.2) is 32.4 Å². The lowest BCUT2D eigenvalue weighted by Gasteiger charge is -2.32. The molecule has 0 unspecified atom stereocenters. The standard InChI is InChI=1S/C16H20ClNO3S/c1-11-14(17)5-4-13-3-2-7-18(16(11)13)15(19)9-12-6-8-22(20,21)10-12/h4-5,12H,2-3,6-10H2,1H3/t12-/m0/s1. The van der Waals surface area contributed by atoms with Crippen LogP contribution in [0.5, 0.6) is 0 Å². The maximum atomic E-state index is 12.7. The third-order valence-corrected chi connectivity index (χ3v) is 6.88. The van der Waals surface area contributed by atoms with E-state index in [1.54, 1.807) is 0 Å². The lowest BCUT2D eigenvalue weighted by molar-refractivity contribution is -0.119. The zero-order valence-corrected chi connectivity index (χ0v) is 14.2. The normalized spacial score (nSPS) is 23.4. The molecule has 3 rings (SSSR count). The van der Waals surface area contributed by atoms with Gasteiger partial charge in [-0.3, -0.25) is 4.79 Å². The number of carbonyl (C=O) groups is 1. The fraction of sp³-hybridized carbons (Fsp3) is 0.562. The number of amides is 1. The molecule has 0 aliphatic carbocycles. The molecule has 0 aromatic heterocycles. The minimum atomic E-state index is -2.94. The quantitative estimate of drug-likeness (QED) is 0.831. The third-order valence-electron chi connectivity index (χ3n) is 4.64. The van der Waals surface area contributed by atoms with Crippen LogP contribution in [0.15, 0.2) is 12.1 Å². The fourth-order valence-electron chi connectivity index (χ4n) is 3.49. The number of nitrogens with zero attached hydrogens (tertiary/aromatic N) is 1. The molecule has 1 fully saturated rings. The van der Waals surface area contributed by atoms with Gasteiger partial charge in [-0.2, -0.15) is 0 Å². The van der Waals surface area contributed by atoms with Crippen LogP contribution in [0.4, 0.5) is 5.69 Å². The number of fused-ring (bicyclic) bond motifs is 1. The average Bonchev–Trinajstić information content (AvgIpc) is 2.81. The second kappa shape index (κ2) is 5.85. The molecule has 0 spiro atoms. The van der Waals surface area contributed by atoms with Gasteiger partial charge in [0.05, 0.1) is 17.2 Å². The van der Waals surface area contributed by atoms with Gasteiger partial charge in [0.2, 0.25) is 5.91 Å². The highest BCUT2D eigenvalue weighted by atomic mass is 35.5. The van der Waals surface area contributed by atoms with E-state index < -0.39 is 9.84 Å². The molecule has 0 bridgehead atoms. The van der Waals surface area contributed by atoms with E-state index in [-0.39, 0.29) is 23.3 Å². The summed E-state index contributed by atoms with van der Waals surface area (Å²) >= 11 is 6.21. The molecule has 2 aliphatic heterocycles. The van der Waals surface area contributed by atoms with Crippen molar-refractivity contribution >= 4 is 33.0 Å². The van der Waals surface area contributed by atoms with Crippen molar-refractivity contribution in [3.05, 3.63) is 28.3 Å². The number of carbonyl (C=O) groups excluding carboxylic acids is 1. The number of rotatable bonds is 2. The molecule has 22 heavy (non-hydrogen) atoms. The molecule has 0 radical (unpaired) electrons. The smallest absolute Gasteiger partial charge is 0.227 e. The summed E-state index contributed by atoms with van der Waals surface area (Å²) in [6, 6.07) is 3.87. The first-order valence-corrected chi connectivity index (χ1v) is 9.86.